The third-order valence-electron chi connectivity index (χ3n) is 3.30. The third-order valence-corrected chi connectivity index (χ3v) is 3.55. The Bertz CT molecular complexity index is 736. The number of hydrogen-bond acceptors (Lipinski definition) is 4. The summed E-state index contributed by atoms with van der Waals surface area (Å²) in [7, 11) is 0. The number of benzene rings is 2. The molecule has 2 rings (SSSR count). The minimum Gasteiger partial charge on any atom is -0.452 e. The highest BCUT2D eigenvalue weighted by Crippen LogP contribution is 2.15. The fourth-order valence-electron chi connectivity index (χ4n) is 2.04. The molecule has 1 amide bonds. The van der Waals surface area contributed by atoms with Crippen LogP contribution in [-0.2, 0) is 16.0 Å². The second kappa shape index (κ2) is 9.72. The molecule has 0 spiro atoms. The summed E-state index contributed by atoms with van der Waals surface area (Å²) in [5, 5.41) is 3.10. The molecule has 0 aliphatic heterocycles. The van der Waals surface area contributed by atoms with Crippen molar-refractivity contribution in [2.24, 2.45) is 0 Å². The maximum atomic E-state index is 12.1. The zero-order chi connectivity index (χ0) is 18.9. The van der Waals surface area contributed by atoms with Gasteiger partial charge in [0, 0.05) is 11.6 Å². The van der Waals surface area contributed by atoms with Crippen molar-refractivity contribution in [3.05, 3.63) is 64.7 Å². The number of ether oxygens (including phenoxy) is 2. The van der Waals surface area contributed by atoms with E-state index < -0.39 is 25.1 Å². The Morgan fingerprint density at radius 2 is 1.69 bits per heavy atom. The number of halogens is 3. The van der Waals surface area contributed by atoms with Crippen molar-refractivity contribution in [1.29, 1.82) is 0 Å². The highest BCUT2D eigenvalue weighted by Gasteiger charge is 2.10. The van der Waals surface area contributed by atoms with E-state index in [0.717, 1.165) is 5.56 Å². The second-order valence-corrected chi connectivity index (χ2v) is 5.64. The largest absolute Gasteiger partial charge is 0.452 e. The Kier molecular flexibility index (Phi) is 7.35. The lowest BCUT2D eigenvalue weighted by Gasteiger charge is -2.08. The lowest BCUT2D eigenvalue weighted by atomic mass is 10.1. The van der Waals surface area contributed by atoms with Gasteiger partial charge in [-0.3, -0.25) is 4.79 Å². The second-order valence-electron chi connectivity index (χ2n) is 5.21. The van der Waals surface area contributed by atoms with E-state index in [1.807, 2.05) is 0 Å². The molecular formula is C18H16ClF2NO4. The van der Waals surface area contributed by atoms with E-state index in [4.69, 9.17) is 16.3 Å². The molecule has 0 aliphatic rings. The maximum Gasteiger partial charge on any atom is 0.387 e. The molecule has 0 heterocycles. The van der Waals surface area contributed by atoms with Crippen LogP contribution in [0.5, 0.6) is 5.75 Å². The molecular weight excluding hydrogens is 368 g/mol. The van der Waals surface area contributed by atoms with Gasteiger partial charge in [-0.2, -0.15) is 8.78 Å². The van der Waals surface area contributed by atoms with Crippen molar-refractivity contribution in [2.75, 3.05) is 13.2 Å². The normalized spacial score (nSPS) is 10.5. The lowest BCUT2D eigenvalue weighted by Crippen LogP contribution is -2.30. The van der Waals surface area contributed by atoms with Crippen LogP contribution in [0.4, 0.5) is 8.78 Å². The van der Waals surface area contributed by atoms with E-state index in [-0.39, 0.29) is 5.75 Å². The van der Waals surface area contributed by atoms with Gasteiger partial charge in [0.1, 0.15) is 5.75 Å². The molecule has 0 unspecified atom stereocenters. The Labute approximate surface area is 153 Å². The number of esters is 1. The van der Waals surface area contributed by atoms with Gasteiger partial charge in [0.05, 0.1) is 5.56 Å². The minimum absolute atomic E-state index is 0.0712. The van der Waals surface area contributed by atoms with Crippen molar-refractivity contribution < 1.29 is 27.8 Å². The summed E-state index contributed by atoms with van der Waals surface area (Å²) in [6.45, 7) is -2.95. The summed E-state index contributed by atoms with van der Waals surface area (Å²) in [5.41, 5.74) is 1.14. The fraction of sp³-hybridized carbons (Fsp3) is 0.222. The Hall–Kier alpha value is -2.67. The summed E-state index contributed by atoms with van der Waals surface area (Å²) < 4.78 is 33.3. The lowest BCUT2D eigenvalue weighted by molar-refractivity contribution is -0.124. The number of carbonyl (C=O) groups is 2. The van der Waals surface area contributed by atoms with E-state index in [1.54, 1.807) is 24.3 Å². The van der Waals surface area contributed by atoms with Crippen molar-refractivity contribution in [3.8, 4) is 5.75 Å². The monoisotopic (exact) mass is 383 g/mol. The van der Waals surface area contributed by atoms with Crippen LogP contribution in [0.25, 0.3) is 0 Å². The van der Waals surface area contributed by atoms with Crippen molar-refractivity contribution in [1.82, 2.24) is 5.32 Å². The van der Waals surface area contributed by atoms with Crippen molar-refractivity contribution in [2.45, 2.75) is 13.0 Å². The van der Waals surface area contributed by atoms with Gasteiger partial charge in [-0.1, -0.05) is 23.7 Å². The first kappa shape index (κ1) is 19.7. The molecule has 138 valence electrons. The summed E-state index contributed by atoms with van der Waals surface area (Å²) >= 11 is 5.73. The van der Waals surface area contributed by atoms with Crippen LogP contribution < -0.4 is 10.1 Å². The molecule has 5 nitrogen and oxygen atoms in total. The summed E-state index contributed by atoms with van der Waals surface area (Å²) in [4.78, 5) is 23.4. The SMILES string of the molecule is O=C(COC(=O)c1ccc(Cl)cc1)NCCc1ccc(OC(F)F)cc1. The van der Waals surface area contributed by atoms with E-state index in [2.05, 4.69) is 10.1 Å². The molecule has 0 fully saturated rings. The third kappa shape index (κ3) is 6.68. The van der Waals surface area contributed by atoms with Gasteiger partial charge in [0.15, 0.2) is 6.61 Å². The zero-order valence-electron chi connectivity index (χ0n) is 13.6. The standard InChI is InChI=1S/C18H16ClF2NO4/c19-14-5-3-13(4-6-14)17(24)25-11-16(23)22-10-9-12-1-7-15(8-2-12)26-18(20)21/h1-8,18H,9-11H2,(H,22,23). The Morgan fingerprint density at radius 3 is 2.31 bits per heavy atom. The first-order valence-corrected chi connectivity index (χ1v) is 8.05. The van der Waals surface area contributed by atoms with Gasteiger partial charge < -0.3 is 14.8 Å². The molecule has 2 aromatic carbocycles. The number of amides is 1. The molecule has 0 saturated carbocycles. The molecule has 0 atom stereocenters. The van der Waals surface area contributed by atoms with Gasteiger partial charge in [0.25, 0.3) is 5.91 Å². The van der Waals surface area contributed by atoms with E-state index >= 15 is 0 Å². The Balaban J connectivity index is 1.68. The van der Waals surface area contributed by atoms with Crippen LogP contribution in [-0.4, -0.2) is 31.6 Å². The van der Waals surface area contributed by atoms with Crippen LogP contribution in [0.1, 0.15) is 15.9 Å². The molecule has 0 aromatic heterocycles. The quantitative estimate of drug-likeness (QED) is 0.709. The molecule has 2 aromatic rings. The summed E-state index contributed by atoms with van der Waals surface area (Å²) in [6.07, 6.45) is 0.492. The summed E-state index contributed by atoms with van der Waals surface area (Å²) in [6, 6.07) is 12.2. The van der Waals surface area contributed by atoms with E-state index in [9.17, 15) is 18.4 Å². The number of rotatable bonds is 8. The van der Waals surface area contributed by atoms with E-state index in [1.165, 1.54) is 24.3 Å². The number of nitrogens with one attached hydrogen (secondary N) is 1. The van der Waals surface area contributed by atoms with Gasteiger partial charge in [-0.05, 0) is 48.4 Å². The number of carbonyl (C=O) groups excluding carboxylic acids is 2. The average Bonchev–Trinajstić information content (AvgIpc) is 2.61. The molecule has 0 radical (unpaired) electrons. The first-order chi connectivity index (χ1) is 12.4. The predicted molar refractivity (Wildman–Crippen MR) is 91.5 cm³/mol. The van der Waals surface area contributed by atoms with Gasteiger partial charge >= 0.3 is 12.6 Å². The molecule has 26 heavy (non-hydrogen) atoms. The maximum absolute atomic E-state index is 12.1. The van der Waals surface area contributed by atoms with Crippen LogP contribution in [0, 0.1) is 0 Å². The fourth-order valence-corrected chi connectivity index (χ4v) is 2.16. The van der Waals surface area contributed by atoms with Gasteiger partial charge in [0.2, 0.25) is 0 Å². The molecule has 0 aliphatic carbocycles. The summed E-state index contributed by atoms with van der Waals surface area (Å²) in [5.74, 6) is -0.988. The van der Waals surface area contributed by atoms with Crippen LogP contribution in [0.15, 0.2) is 48.5 Å². The number of alkyl halides is 2. The topological polar surface area (TPSA) is 64.6 Å². The predicted octanol–water partition coefficient (Wildman–Crippen LogP) is 3.46. The van der Waals surface area contributed by atoms with Crippen LogP contribution >= 0.6 is 11.6 Å². The van der Waals surface area contributed by atoms with E-state index in [0.29, 0.717) is 23.6 Å². The molecule has 0 bridgehead atoms. The highest BCUT2D eigenvalue weighted by atomic mass is 35.5. The van der Waals surface area contributed by atoms with Gasteiger partial charge in [-0.25, -0.2) is 4.79 Å². The molecule has 1 N–H and O–H groups in total. The zero-order valence-corrected chi connectivity index (χ0v) is 14.3. The molecule has 0 saturated heterocycles. The minimum atomic E-state index is -2.87. The average molecular weight is 384 g/mol. The molecule has 8 heteroatoms. The number of hydrogen-bond donors (Lipinski definition) is 1. The smallest absolute Gasteiger partial charge is 0.387 e. The first-order valence-electron chi connectivity index (χ1n) is 7.67. The highest BCUT2D eigenvalue weighted by molar-refractivity contribution is 6.30. The Morgan fingerprint density at radius 1 is 1.04 bits per heavy atom. The van der Waals surface area contributed by atoms with Crippen molar-refractivity contribution >= 4 is 23.5 Å². The van der Waals surface area contributed by atoms with Crippen LogP contribution in [0.3, 0.4) is 0 Å². The van der Waals surface area contributed by atoms with Crippen LogP contribution in [0.2, 0.25) is 5.02 Å². The van der Waals surface area contributed by atoms with Crippen molar-refractivity contribution in [3.63, 3.8) is 0 Å². The van der Waals surface area contributed by atoms with Gasteiger partial charge in [-0.15, -0.1) is 0 Å².